The van der Waals surface area contributed by atoms with Crippen LogP contribution in [0, 0.1) is 12.8 Å². The fraction of sp³-hybridized carbons (Fsp3) is 0.467. The van der Waals surface area contributed by atoms with Crippen molar-refractivity contribution in [2.24, 2.45) is 13.0 Å². The maximum atomic E-state index is 5.78. The summed E-state index contributed by atoms with van der Waals surface area (Å²) in [6.07, 6.45) is 4.43. The molecule has 3 aromatic heterocycles. The van der Waals surface area contributed by atoms with E-state index in [-0.39, 0.29) is 12.0 Å². The van der Waals surface area contributed by atoms with Crippen LogP contribution in [0.3, 0.4) is 0 Å². The van der Waals surface area contributed by atoms with Gasteiger partial charge < -0.3 is 14.6 Å². The summed E-state index contributed by atoms with van der Waals surface area (Å²) in [5.74, 6) is 1.48. The molecular formula is C15H18N6O2. The van der Waals surface area contributed by atoms with E-state index in [0.29, 0.717) is 18.3 Å². The molecule has 120 valence electrons. The number of aryl methyl sites for hydroxylation is 2. The number of fused-ring (bicyclic) bond motifs is 1. The predicted octanol–water partition coefficient (Wildman–Crippen LogP) is 1.85. The Labute approximate surface area is 132 Å². The van der Waals surface area contributed by atoms with Gasteiger partial charge in [-0.3, -0.25) is 4.68 Å². The number of nitrogens with zero attached hydrogens (tertiary/aromatic N) is 5. The van der Waals surface area contributed by atoms with Gasteiger partial charge in [-0.25, -0.2) is 4.98 Å². The van der Waals surface area contributed by atoms with E-state index >= 15 is 0 Å². The van der Waals surface area contributed by atoms with Gasteiger partial charge in [-0.1, -0.05) is 5.16 Å². The molecule has 0 aromatic carbocycles. The van der Waals surface area contributed by atoms with Gasteiger partial charge in [-0.2, -0.15) is 10.1 Å². The van der Waals surface area contributed by atoms with Gasteiger partial charge in [-0.05, 0) is 19.4 Å². The minimum atomic E-state index is -0.144. The highest BCUT2D eigenvalue weighted by molar-refractivity contribution is 5.88. The van der Waals surface area contributed by atoms with Crippen molar-refractivity contribution in [1.29, 1.82) is 0 Å². The maximum absolute atomic E-state index is 5.78. The second-order valence-electron chi connectivity index (χ2n) is 5.76. The van der Waals surface area contributed by atoms with Crippen LogP contribution in [0.5, 0.6) is 0 Å². The van der Waals surface area contributed by atoms with Crippen LogP contribution in [0.25, 0.3) is 11.0 Å². The van der Waals surface area contributed by atoms with E-state index in [2.05, 4.69) is 25.5 Å². The van der Waals surface area contributed by atoms with Crippen molar-refractivity contribution in [2.75, 3.05) is 18.5 Å². The zero-order chi connectivity index (χ0) is 15.8. The average Bonchev–Trinajstić information content (AvgIpc) is 3.26. The van der Waals surface area contributed by atoms with Crippen LogP contribution in [0.15, 0.2) is 23.0 Å². The Bertz CT molecular complexity index is 826. The number of rotatable bonds is 4. The third kappa shape index (κ3) is 2.55. The van der Waals surface area contributed by atoms with Gasteiger partial charge in [0.2, 0.25) is 0 Å². The second-order valence-corrected chi connectivity index (χ2v) is 5.76. The molecule has 23 heavy (non-hydrogen) atoms. The first-order chi connectivity index (χ1) is 11.2. The highest BCUT2D eigenvalue weighted by Gasteiger charge is 2.33. The molecule has 2 atom stereocenters. The molecule has 1 saturated heterocycles. The van der Waals surface area contributed by atoms with Gasteiger partial charge in [0, 0.05) is 38.0 Å². The summed E-state index contributed by atoms with van der Waals surface area (Å²) in [7, 11) is 1.89. The van der Waals surface area contributed by atoms with Crippen LogP contribution >= 0.6 is 0 Å². The topological polar surface area (TPSA) is 90.9 Å². The van der Waals surface area contributed by atoms with Crippen molar-refractivity contribution in [1.82, 2.24) is 24.9 Å². The molecule has 0 spiro atoms. The van der Waals surface area contributed by atoms with Gasteiger partial charge in [0.25, 0.3) is 5.89 Å². The Balaban J connectivity index is 1.51. The third-order valence-corrected chi connectivity index (χ3v) is 4.19. The summed E-state index contributed by atoms with van der Waals surface area (Å²) in [4.78, 5) is 8.65. The first-order valence-corrected chi connectivity index (χ1v) is 7.65. The van der Waals surface area contributed by atoms with Gasteiger partial charge >= 0.3 is 0 Å². The molecule has 3 aromatic rings. The molecule has 0 aliphatic carbocycles. The predicted molar refractivity (Wildman–Crippen MR) is 82.8 cm³/mol. The lowest BCUT2D eigenvalue weighted by Gasteiger charge is -2.16. The molecule has 0 saturated carbocycles. The molecule has 4 heterocycles. The molecule has 8 nitrogen and oxygen atoms in total. The van der Waals surface area contributed by atoms with Crippen LogP contribution in [0.4, 0.5) is 5.69 Å². The summed E-state index contributed by atoms with van der Waals surface area (Å²) in [5.41, 5.74) is 1.89. The Morgan fingerprint density at radius 1 is 1.43 bits per heavy atom. The lowest BCUT2D eigenvalue weighted by Crippen LogP contribution is -2.18. The van der Waals surface area contributed by atoms with Crippen LogP contribution in [-0.4, -0.2) is 38.1 Å². The molecule has 0 radical (unpaired) electrons. The van der Waals surface area contributed by atoms with Gasteiger partial charge in [-0.15, -0.1) is 0 Å². The molecule has 1 N–H and O–H groups in total. The summed E-state index contributed by atoms with van der Waals surface area (Å²) >= 11 is 0. The smallest absolute Gasteiger partial charge is 0.256 e. The zero-order valence-electron chi connectivity index (χ0n) is 13.1. The van der Waals surface area contributed by atoms with Crippen LogP contribution < -0.4 is 5.32 Å². The van der Waals surface area contributed by atoms with Crippen molar-refractivity contribution in [3.8, 4) is 0 Å². The van der Waals surface area contributed by atoms with E-state index in [9.17, 15) is 0 Å². The fourth-order valence-corrected chi connectivity index (χ4v) is 2.99. The number of aromatic nitrogens is 5. The Kier molecular flexibility index (Phi) is 3.45. The molecular weight excluding hydrogens is 296 g/mol. The molecule has 8 heteroatoms. The van der Waals surface area contributed by atoms with Crippen LogP contribution in [0.2, 0.25) is 0 Å². The third-order valence-electron chi connectivity index (χ3n) is 4.19. The Morgan fingerprint density at radius 3 is 3.17 bits per heavy atom. The zero-order valence-corrected chi connectivity index (χ0v) is 13.1. The Morgan fingerprint density at radius 2 is 2.35 bits per heavy atom. The molecule has 1 fully saturated rings. The van der Waals surface area contributed by atoms with E-state index < -0.39 is 0 Å². The highest BCUT2D eigenvalue weighted by atomic mass is 16.5. The quantitative estimate of drug-likeness (QED) is 0.785. The fourth-order valence-electron chi connectivity index (χ4n) is 2.99. The number of nitrogens with one attached hydrogen (secondary N) is 1. The first-order valence-electron chi connectivity index (χ1n) is 7.65. The van der Waals surface area contributed by atoms with Crippen molar-refractivity contribution >= 4 is 16.7 Å². The van der Waals surface area contributed by atoms with Crippen molar-refractivity contribution in [2.45, 2.75) is 19.4 Å². The standard InChI is InChI=1S/C15H18N6O2/c1-9-19-15(23-20-9)13-10(4-6-22-13)7-17-12-3-5-16-14-11(12)8-18-21(14)2/h3,5,8,10,13H,4,6-7H2,1-2H3,(H,16,17)/t10-,13-/m0/s1. The van der Waals surface area contributed by atoms with E-state index in [4.69, 9.17) is 9.26 Å². The summed E-state index contributed by atoms with van der Waals surface area (Å²) < 4.78 is 12.8. The van der Waals surface area contributed by atoms with E-state index in [1.54, 1.807) is 10.9 Å². The van der Waals surface area contributed by atoms with E-state index in [1.165, 1.54) is 0 Å². The molecule has 1 aliphatic rings. The Hall–Kier alpha value is -2.48. The van der Waals surface area contributed by atoms with Crippen LogP contribution in [-0.2, 0) is 11.8 Å². The van der Waals surface area contributed by atoms with Crippen molar-refractivity contribution in [3.63, 3.8) is 0 Å². The summed E-state index contributed by atoms with van der Waals surface area (Å²) in [5, 5.41) is 12.6. The summed E-state index contributed by atoms with van der Waals surface area (Å²) in [6, 6.07) is 1.96. The summed E-state index contributed by atoms with van der Waals surface area (Å²) in [6.45, 7) is 3.28. The number of anilines is 1. The van der Waals surface area contributed by atoms with Crippen molar-refractivity contribution in [3.05, 3.63) is 30.2 Å². The monoisotopic (exact) mass is 314 g/mol. The minimum absolute atomic E-state index is 0.144. The van der Waals surface area contributed by atoms with Gasteiger partial charge in [0.15, 0.2) is 11.5 Å². The number of hydrogen-bond donors (Lipinski definition) is 1. The average molecular weight is 314 g/mol. The normalized spacial score (nSPS) is 21.1. The van der Waals surface area contributed by atoms with Crippen molar-refractivity contribution < 1.29 is 9.26 Å². The van der Waals surface area contributed by atoms with E-state index in [0.717, 1.165) is 29.7 Å². The second kappa shape index (κ2) is 5.62. The molecule has 1 aliphatic heterocycles. The molecule has 0 unspecified atom stereocenters. The lowest BCUT2D eigenvalue weighted by molar-refractivity contribution is 0.0650. The SMILES string of the molecule is Cc1noc([C@H]2OCC[C@H]2CNc2ccnc3c2cnn3C)n1. The van der Waals surface area contributed by atoms with E-state index in [1.807, 2.05) is 26.2 Å². The first kappa shape index (κ1) is 14.1. The molecule has 0 amide bonds. The lowest BCUT2D eigenvalue weighted by atomic mass is 10.0. The number of pyridine rings is 1. The molecule has 4 rings (SSSR count). The molecule has 0 bridgehead atoms. The largest absolute Gasteiger partial charge is 0.384 e. The highest BCUT2D eigenvalue weighted by Crippen LogP contribution is 2.34. The van der Waals surface area contributed by atoms with Gasteiger partial charge in [0.1, 0.15) is 6.10 Å². The minimum Gasteiger partial charge on any atom is -0.384 e. The number of hydrogen-bond acceptors (Lipinski definition) is 7. The maximum Gasteiger partial charge on any atom is 0.256 e. The van der Waals surface area contributed by atoms with Crippen LogP contribution in [0.1, 0.15) is 24.2 Å². The van der Waals surface area contributed by atoms with Gasteiger partial charge in [0.05, 0.1) is 11.6 Å². The number of ether oxygens (including phenoxy) is 1.